The van der Waals surface area contributed by atoms with Crippen molar-refractivity contribution in [3.05, 3.63) is 47.2 Å². The fraction of sp³-hybridized carbons (Fsp3) is 0.421. The fourth-order valence-electron chi connectivity index (χ4n) is 2.93. The molecule has 0 fully saturated rings. The summed E-state index contributed by atoms with van der Waals surface area (Å²) in [6.45, 7) is 6.27. The molecule has 0 atom stereocenters. The topological polar surface area (TPSA) is 90.5 Å². The summed E-state index contributed by atoms with van der Waals surface area (Å²) in [5.41, 5.74) is 7.99. The van der Waals surface area contributed by atoms with Crippen LogP contribution in [0.1, 0.15) is 42.4 Å². The van der Waals surface area contributed by atoms with Gasteiger partial charge in [0, 0.05) is 12.1 Å². The summed E-state index contributed by atoms with van der Waals surface area (Å²) in [4.78, 5) is 26.4. The summed E-state index contributed by atoms with van der Waals surface area (Å²) in [7, 11) is 0. The van der Waals surface area contributed by atoms with E-state index in [0.717, 1.165) is 11.1 Å². The highest BCUT2D eigenvalue weighted by atomic mass is 16.6. The Morgan fingerprint density at radius 3 is 2.58 bits per heavy atom. The monoisotopic (exact) mass is 356 g/mol. The highest BCUT2D eigenvalue weighted by Gasteiger charge is 2.30. The van der Waals surface area contributed by atoms with E-state index in [1.165, 1.54) is 4.68 Å². The maximum atomic E-state index is 12.6. The van der Waals surface area contributed by atoms with E-state index in [2.05, 4.69) is 5.10 Å². The van der Waals surface area contributed by atoms with E-state index in [-0.39, 0.29) is 18.4 Å². The lowest BCUT2D eigenvalue weighted by Gasteiger charge is -2.29. The van der Waals surface area contributed by atoms with Crippen LogP contribution in [-0.4, -0.2) is 38.8 Å². The van der Waals surface area contributed by atoms with Gasteiger partial charge in [0.2, 0.25) is 0 Å². The van der Waals surface area contributed by atoms with E-state index in [9.17, 15) is 9.59 Å². The lowest BCUT2D eigenvalue weighted by molar-refractivity contribution is 0.0221. The molecule has 0 unspecified atom stereocenters. The Bertz CT molecular complexity index is 821. The van der Waals surface area contributed by atoms with Crippen molar-refractivity contribution >= 4 is 17.8 Å². The standard InChI is InChI=1S/C19H24N4O3/c1-19(2,3)26-18(25)22-10-9-14-15(12-22)21-23(17(14)20)16(24)11-13-7-5-4-6-8-13/h4-8H,9-12,20H2,1-3H3. The van der Waals surface area contributed by atoms with Crippen molar-refractivity contribution in [2.45, 2.75) is 45.8 Å². The smallest absolute Gasteiger partial charge is 0.410 e. The number of benzene rings is 1. The third-order valence-corrected chi connectivity index (χ3v) is 4.16. The van der Waals surface area contributed by atoms with Gasteiger partial charge in [-0.3, -0.25) is 4.79 Å². The average Bonchev–Trinajstić information content (AvgIpc) is 2.91. The minimum Gasteiger partial charge on any atom is -0.444 e. The van der Waals surface area contributed by atoms with Crippen LogP contribution in [-0.2, 0) is 24.1 Å². The van der Waals surface area contributed by atoms with Crippen molar-refractivity contribution in [3.8, 4) is 0 Å². The predicted octanol–water partition coefficient (Wildman–Crippen LogP) is 2.64. The molecule has 1 aromatic heterocycles. The highest BCUT2D eigenvalue weighted by Crippen LogP contribution is 2.25. The van der Waals surface area contributed by atoms with Crippen LogP contribution in [0.25, 0.3) is 0 Å². The molecule has 0 saturated heterocycles. The molecule has 2 aromatic rings. The Morgan fingerprint density at radius 2 is 1.92 bits per heavy atom. The summed E-state index contributed by atoms with van der Waals surface area (Å²) in [5, 5.41) is 4.37. The number of nitrogens with zero attached hydrogens (tertiary/aromatic N) is 3. The third-order valence-electron chi connectivity index (χ3n) is 4.16. The molecule has 1 amide bonds. The Balaban J connectivity index is 1.75. The van der Waals surface area contributed by atoms with Gasteiger partial charge in [0.05, 0.1) is 18.7 Å². The van der Waals surface area contributed by atoms with Gasteiger partial charge in [0.25, 0.3) is 5.91 Å². The van der Waals surface area contributed by atoms with Crippen molar-refractivity contribution in [2.24, 2.45) is 0 Å². The van der Waals surface area contributed by atoms with Crippen molar-refractivity contribution in [1.82, 2.24) is 14.7 Å². The van der Waals surface area contributed by atoms with Crippen LogP contribution in [0.3, 0.4) is 0 Å². The van der Waals surface area contributed by atoms with Crippen LogP contribution in [0.15, 0.2) is 30.3 Å². The summed E-state index contributed by atoms with van der Waals surface area (Å²) < 4.78 is 6.67. The summed E-state index contributed by atoms with van der Waals surface area (Å²) in [5.74, 6) is 0.177. The minimum atomic E-state index is -0.554. The first kappa shape index (κ1) is 18.0. The second-order valence-corrected chi connectivity index (χ2v) is 7.43. The molecule has 1 aromatic carbocycles. The van der Waals surface area contributed by atoms with Gasteiger partial charge in [-0.25, -0.2) is 4.79 Å². The van der Waals surface area contributed by atoms with Crippen molar-refractivity contribution < 1.29 is 14.3 Å². The van der Waals surface area contributed by atoms with Crippen LogP contribution < -0.4 is 5.73 Å². The number of nitrogen functional groups attached to an aromatic ring is 1. The van der Waals surface area contributed by atoms with E-state index in [4.69, 9.17) is 10.5 Å². The van der Waals surface area contributed by atoms with E-state index < -0.39 is 5.60 Å². The second kappa shape index (κ2) is 6.82. The Morgan fingerprint density at radius 1 is 1.23 bits per heavy atom. The molecule has 1 aliphatic rings. The van der Waals surface area contributed by atoms with Crippen LogP contribution >= 0.6 is 0 Å². The summed E-state index contributed by atoms with van der Waals surface area (Å²) >= 11 is 0. The molecule has 0 spiro atoms. The number of amides is 1. The summed E-state index contributed by atoms with van der Waals surface area (Å²) in [6, 6.07) is 9.46. The Labute approximate surface area is 152 Å². The molecule has 0 bridgehead atoms. The first-order chi connectivity index (χ1) is 12.2. The molecule has 138 valence electrons. The van der Waals surface area contributed by atoms with Gasteiger partial charge in [-0.2, -0.15) is 9.78 Å². The van der Waals surface area contributed by atoms with Gasteiger partial charge in [-0.05, 0) is 32.8 Å². The van der Waals surface area contributed by atoms with Gasteiger partial charge >= 0.3 is 6.09 Å². The zero-order valence-electron chi connectivity index (χ0n) is 15.4. The summed E-state index contributed by atoms with van der Waals surface area (Å²) in [6.07, 6.45) is 0.396. The molecule has 1 aliphatic heterocycles. The lowest BCUT2D eigenvalue weighted by Crippen LogP contribution is -2.39. The quantitative estimate of drug-likeness (QED) is 0.893. The zero-order chi connectivity index (χ0) is 18.9. The largest absolute Gasteiger partial charge is 0.444 e. The molecule has 3 rings (SSSR count). The van der Waals surface area contributed by atoms with E-state index >= 15 is 0 Å². The van der Waals surface area contributed by atoms with Crippen molar-refractivity contribution in [3.63, 3.8) is 0 Å². The number of rotatable bonds is 2. The molecule has 7 heteroatoms. The van der Waals surface area contributed by atoms with Gasteiger partial charge in [0.1, 0.15) is 11.4 Å². The number of carbonyl (C=O) groups is 2. The molecule has 0 radical (unpaired) electrons. The maximum absolute atomic E-state index is 12.6. The molecule has 0 aliphatic carbocycles. The number of aromatic nitrogens is 2. The fourth-order valence-corrected chi connectivity index (χ4v) is 2.93. The van der Waals surface area contributed by atoms with Gasteiger partial charge < -0.3 is 15.4 Å². The average molecular weight is 356 g/mol. The van der Waals surface area contributed by atoms with Gasteiger partial charge in [0.15, 0.2) is 0 Å². The molecule has 2 N–H and O–H groups in total. The van der Waals surface area contributed by atoms with E-state index in [0.29, 0.717) is 31.0 Å². The Hall–Kier alpha value is -2.83. The first-order valence-corrected chi connectivity index (χ1v) is 8.66. The number of nitrogens with two attached hydrogens (primary N) is 1. The number of fused-ring (bicyclic) bond motifs is 1. The molecular formula is C19H24N4O3. The number of hydrogen-bond donors (Lipinski definition) is 1. The van der Waals surface area contributed by atoms with Crippen LogP contribution in [0, 0.1) is 0 Å². The van der Waals surface area contributed by atoms with Crippen LogP contribution in [0.2, 0.25) is 0 Å². The number of hydrogen-bond acceptors (Lipinski definition) is 5. The SMILES string of the molecule is CC(C)(C)OC(=O)N1CCc2c(nn(C(=O)Cc3ccccc3)c2N)C1. The normalized spacial score (nSPS) is 14.0. The molecule has 26 heavy (non-hydrogen) atoms. The first-order valence-electron chi connectivity index (χ1n) is 8.66. The molecular weight excluding hydrogens is 332 g/mol. The van der Waals surface area contributed by atoms with Gasteiger partial charge in [-0.1, -0.05) is 30.3 Å². The Kier molecular flexibility index (Phi) is 4.71. The highest BCUT2D eigenvalue weighted by molar-refractivity contribution is 5.84. The number of anilines is 1. The second-order valence-electron chi connectivity index (χ2n) is 7.43. The minimum absolute atomic E-state index is 0.188. The number of carbonyl (C=O) groups excluding carboxylic acids is 2. The van der Waals surface area contributed by atoms with E-state index in [1.54, 1.807) is 4.90 Å². The van der Waals surface area contributed by atoms with Gasteiger partial charge in [-0.15, -0.1) is 0 Å². The zero-order valence-corrected chi connectivity index (χ0v) is 15.4. The maximum Gasteiger partial charge on any atom is 0.410 e. The predicted molar refractivity (Wildman–Crippen MR) is 97.8 cm³/mol. The van der Waals surface area contributed by atoms with Crippen LogP contribution in [0.5, 0.6) is 0 Å². The molecule has 7 nitrogen and oxygen atoms in total. The lowest BCUT2D eigenvalue weighted by atomic mass is 10.1. The van der Waals surface area contributed by atoms with Crippen LogP contribution in [0.4, 0.5) is 10.6 Å². The van der Waals surface area contributed by atoms with Crippen molar-refractivity contribution in [1.29, 1.82) is 0 Å². The van der Waals surface area contributed by atoms with E-state index in [1.807, 2.05) is 51.1 Å². The molecule has 0 saturated carbocycles. The molecule has 2 heterocycles. The van der Waals surface area contributed by atoms with Crippen molar-refractivity contribution in [2.75, 3.05) is 12.3 Å². The third kappa shape index (κ3) is 3.87. The number of ether oxygens (including phenoxy) is 1.